The maximum absolute atomic E-state index is 12.1. The molecule has 0 unspecified atom stereocenters. The standard InChI is InChI=1S/C15H17N3O2/c1-2-20-14-9-12(3-4-13(14)16)15(19)18-10-11-5-7-17-8-6-11/h3-9H,2,10,16H2,1H3,(H,18,19). The van der Waals surface area contributed by atoms with Crippen LogP contribution in [0.1, 0.15) is 22.8 Å². The average molecular weight is 271 g/mol. The van der Waals surface area contributed by atoms with Crippen LogP contribution in [0.5, 0.6) is 5.75 Å². The number of nitrogens with zero attached hydrogens (tertiary/aromatic N) is 1. The van der Waals surface area contributed by atoms with Crippen LogP contribution in [0.15, 0.2) is 42.7 Å². The van der Waals surface area contributed by atoms with Gasteiger partial charge in [-0.05, 0) is 42.8 Å². The number of amides is 1. The molecular formula is C15H17N3O2. The van der Waals surface area contributed by atoms with Gasteiger partial charge in [0, 0.05) is 24.5 Å². The first-order chi connectivity index (χ1) is 9.70. The van der Waals surface area contributed by atoms with Crippen LogP contribution in [0.25, 0.3) is 0 Å². The summed E-state index contributed by atoms with van der Waals surface area (Å²) in [5.41, 5.74) is 7.82. The lowest BCUT2D eigenvalue weighted by molar-refractivity contribution is 0.0950. The Hall–Kier alpha value is -2.56. The summed E-state index contributed by atoms with van der Waals surface area (Å²) in [5.74, 6) is 0.367. The zero-order valence-electron chi connectivity index (χ0n) is 11.3. The first-order valence-corrected chi connectivity index (χ1v) is 6.40. The Morgan fingerprint density at radius 3 is 2.75 bits per heavy atom. The number of nitrogens with one attached hydrogen (secondary N) is 1. The number of carbonyl (C=O) groups excluding carboxylic acids is 1. The third-order valence-corrected chi connectivity index (χ3v) is 2.78. The predicted molar refractivity (Wildman–Crippen MR) is 77.4 cm³/mol. The Morgan fingerprint density at radius 1 is 1.30 bits per heavy atom. The van der Waals surface area contributed by atoms with Crippen LogP contribution >= 0.6 is 0 Å². The molecule has 0 saturated carbocycles. The molecule has 5 nitrogen and oxygen atoms in total. The normalized spacial score (nSPS) is 10.1. The summed E-state index contributed by atoms with van der Waals surface area (Å²) < 4.78 is 5.38. The molecule has 2 aromatic rings. The molecule has 20 heavy (non-hydrogen) atoms. The quantitative estimate of drug-likeness (QED) is 0.815. The molecule has 0 fully saturated rings. The molecule has 0 atom stereocenters. The van der Waals surface area contributed by atoms with Gasteiger partial charge < -0.3 is 15.8 Å². The van der Waals surface area contributed by atoms with E-state index in [1.54, 1.807) is 30.6 Å². The molecule has 0 saturated heterocycles. The van der Waals surface area contributed by atoms with Crippen molar-refractivity contribution >= 4 is 11.6 Å². The van der Waals surface area contributed by atoms with Crippen molar-refractivity contribution in [1.29, 1.82) is 0 Å². The Kier molecular flexibility index (Phi) is 4.55. The monoisotopic (exact) mass is 271 g/mol. The lowest BCUT2D eigenvalue weighted by Gasteiger charge is -2.09. The summed E-state index contributed by atoms with van der Waals surface area (Å²) >= 11 is 0. The number of carbonyl (C=O) groups is 1. The van der Waals surface area contributed by atoms with Gasteiger partial charge in [0.05, 0.1) is 12.3 Å². The SMILES string of the molecule is CCOc1cc(C(=O)NCc2ccncc2)ccc1N. The first kappa shape index (κ1) is 13.9. The molecule has 0 bridgehead atoms. The van der Waals surface area contributed by atoms with Crippen LogP contribution in [-0.4, -0.2) is 17.5 Å². The number of rotatable bonds is 5. The minimum Gasteiger partial charge on any atom is -0.492 e. The number of nitrogen functional groups attached to an aromatic ring is 1. The Labute approximate surface area is 117 Å². The number of hydrogen-bond donors (Lipinski definition) is 2. The number of pyridine rings is 1. The van der Waals surface area contributed by atoms with Gasteiger partial charge in [-0.3, -0.25) is 9.78 Å². The topological polar surface area (TPSA) is 77.2 Å². The van der Waals surface area contributed by atoms with Crippen LogP contribution < -0.4 is 15.8 Å². The fraction of sp³-hybridized carbons (Fsp3) is 0.200. The Bertz CT molecular complexity index is 585. The van der Waals surface area contributed by atoms with Gasteiger partial charge in [0.1, 0.15) is 5.75 Å². The zero-order valence-corrected chi connectivity index (χ0v) is 11.3. The third kappa shape index (κ3) is 3.47. The summed E-state index contributed by atoms with van der Waals surface area (Å²) in [7, 11) is 0. The highest BCUT2D eigenvalue weighted by Crippen LogP contribution is 2.22. The molecule has 1 aromatic heterocycles. The minimum absolute atomic E-state index is 0.164. The lowest BCUT2D eigenvalue weighted by atomic mass is 10.1. The van der Waals surface area contributed by atoms with E-state index in [4.69, 9.17) is 10.5 Å². The number of anilines is 1. The van der Waals surface area contributed by atoms with E-state index in [1.165, 1.54) is 0 Å². The molecule has 2 rings (SSSR count). The highest BCUT2D eigenvalue weighted by molar-refractivity contribution is 5.95. The van der Waals surface area contributed by atoms with E-state index in [2.05, 4.69) is 10.3 Å². The van der Waals surface area contributed by atoms with E-state index in [0.717, 1.165) is 5.56 Å². The molecular weight excluding hydrogens is 254 g/mol. The summed E-state index contributed by atoms with van der Waals surface area (Å²) in [6.07, 6.45) is 3.38. The molecule has 5 heteroatoms. The van der Waals surface area contributed by atoms with Crippen molar-refractivity contribution in [2.75, 3.05) is 12.3 Å². The van der Waals surface area contributed by atoms with Crippen LogP contribution in [0.3, 0.4) is 0 Å². The highest BCUT2D eigenvalue weighted by atomic mass is 16.5. The largest absolute Gasteiger partial charge is 0.492 e. The van der Waals surface area contributed by atoms with Crippen molar-refractivity contribution in [2.45, 2.75) is 13.5 Å². The van der Waals surface area contributed by atoms with Gasteiger partial charge in [-0.1, -0.05) is 0 Å². The molecule has 0 radical (unpaired) electrons. The minimum atomic E-state index is -0.164. The van der Waals surface area contributed by atoms with Gasteiger partial charge >= 0.3 is 0 Å². The number of aromatic nitrogens is 1. The predicted octanol–water partition coefficient (Wildman–Crippen LogP) is 1.99. The fourth-order valence-electron chi connectivity index (χ4n) is 1.74. The zero-order chi connectivity index (χ0) is 14.4. The molecule has 0 aliphatic carbocycles. The lowest BCUT2D eigenvalue weighted by Crippen LogP contribution is -2.22. The maximum atomic E-state index is 12.1. The second-order valence-electron chi connectivity index (χ2n) is 4.22. The summed E-state index contributed by atoms with van der Waals surface area (Å²) in [5, 5.41) is 2.84. The molecule has 0 spiro atoms. The second-order valence-corrected chi connectivity index (χ2v) is 4.22. The second kappa shape index (κ2) is 6.56. The molecule has 3 N–H and O–H groups in total. The van der Waals surface area contributed by atoms with Crippen molar-refractivity contribution < 1.29 is 9.53 Å². The Balaban J connectivity index is 2.04. The smallest absolute Gasteiger partial charge is 0.251 e. The van der Waals surface area contributed by atoms with E-state index in [0.29, 0.717) is 30.2 Å². The summed E-state index contributed by atoms with van der Waals surface area (Å²) in [6, 6.07) is 8.72. The van der Waals surface area contributed by atoms with Crippen LogP contribution in [-0.2, 0) is 6.54 Å². The van der Waals surface area contributed by atoms with Gasteiger partial charge in [0.25, 0.3) is 5.91 Å². The number of benzene rings is 1. The van der Waals surface area contributed by atoms with Crippen molar-refractivity contribution in [2.24, 2.45) is 0 Å². The summed E-state index contributed by atoms with van der Waals surface area (Å²) in [6.45, 7) is 2.83. The summed E-state index contributed by atoms with van der Waals surface area (Å²) in [4.78, 5) is 16.0. The van der Waals surface area contributed by atoms with Gasteiger partial charge in [0.15, 0.2) is 0 Å². The van der Waals surface area contributed by atoms with Crippen LogP contribution in [0.2, 0.25) is 0 Å². The van der Waals surface area contributed by atoms with Crippen molar-refractivity contribution in [3.63, 3.8) is 0 Å². The molecule has 1 aromatic carbocycles. The van der Waals surface area contributed by atoms with Gasteiger partial charge in [-0.15, -0.1) is 0 Å². The van der Waals surface area contributed by atoms with Crippen LogP contribution in [0, 0.1) is 0 Å². The van der Waals surface area contributed by atoms with Gasteiger partial charge in [-0.25, -0.2) is 0 Å². The van der Waals surface area contributed by atoms with E-state index in [-0.39, 0.29) is 5.91 Å². The molecule has 1 heterocycles. The average Bonchev–Trinajstić information content (AvgIpc) is 2.48. The Morgan fingerprint density at radius 2 is 2.05 bits per heavy atom. The molecule has 0 aliphatic heterocycles. The molecule has 1 amide bonds. The van der Waals surface area contributed by atoms with Gasteiger partial charge in [-0.2, -0.15) is 0 Å². The van der Waals surface area contributed by atoms with E-state index < -0.39 is 0 Å². The van der Waals surface area contributed by atoms with E-state index in [9.17, 15) is 4.79 Å². The molecule has 104 valence electrons. The van der Waals surface area contributed by atoms with Gasteiger partial charge in [0.2, 0.25) is 0 Å². The molecule has 0 aliphatic rings. The van der Waals surface area contributed by atoms with E-state index >= 15 is 0 Å². The number of nitrogens with two attached hydrogens (primary N) is 1. The number of ether oxygens (including phenoxy) is 1. The van der Waals surface area contributed by atoms with E-state index in [1.807, 2.05) is 19.1 Å². The van der Waals surface area contributed by atoms with Crippen molar-refractivity contribution in [3.05, 3.63) is 53.9 Å². The third-order valence-electron chi connectivity index (χ3n) is 2.78. The number of hydrogen-bond acceptors (Lipinski definition) is 4. The first-order valence-electron chi connectivity index (χ1n) is 6.40. The van der Waals surface area contributed by atoms with Crippen LogP contribution in [0.4, 0.5) is 5.69 Å². The maximum Gasteiger partial charge on any atom is 0.251 e. The fourth-order valence-corrected chi connectivity index (χ4v) is 1.74. The highest BCUT2D eigenvalue weighted by Gasteiger charge is 2.09. The van der Waals surface area contributed by atoms with Crippen molar-refractivity contribution in [1.82, 2.24) is 10.3 Å². The van der Waals surface area contributed by atoms with Crippen molar-refractivity contribution in [3.8, 4) is 5.75 Å².